The van der Waals surface area contributed by atoms with Gasteiger partial charge in [-0.05, 0) is 17.7 Å². The largest absolute Gasteiger partial charge is 0.507 e. The second-order valence-electron chi connectivity index (χ2n) is 6.87. The Kier molecular flexibility index (Phi) is 5.77. The summed E-state index contributed by atoms with van der Waals surface area (Å²) in [7, 11) is 3.99. The minimum Gasteiger partial charge on any atom is -0.507 e. The van der Waals surface area contributed by atoms with E-state index >= 15 is 0 Å². The number of benzene rings is 2. The number of quaternary nitrogens is 1. The summed E-state index contributed by atoms with van der Waals surface area (Å²) in [6.45, 7) is 1.13. The van der Waals surface area contributed by atoms with Crippen LogP contribution in [0.15, 0.2) is 64.6 Å². The van der Waals surface area contributed by atoms with E-state index < -0.39 is 17.7 Å². The number of aliphatic hydroxyl groups is 1. The van der Waals surface area contributed by atoms with Gasteiger partial charge in [0.25, 0.3) is 11.7 Å². The average molecular weight is 430 g/mol. The van der Waals surface area contributed by atoms with Gasteiger partial charge in [0.2, 0.25) is 0 Å². The van der Waals surface area contributed by atoms with Crippen molar-refractivity contribution in [2.24, 2.45) is 0 Å². The average Bonchev–Trinajstić information content (AvgIpc) is 2.91. The summed E-state index contributed by atoms with van der Waals surface area (Å²) in [6.07, 6.45) is 0. The van der Waals surface area contributed by atoms with E-state index in [1.54, 1.807) is 29.2 Å². The lowest BCUT2D eigenvalue weighted by Gasteiger charge is -2.25. The Balaban J connectivity index is 2.13. The number of ketones is 1. The third-order valence-electron chi connectivity index (χ3n) is 4.63. The Morgan fingerprint density at radius 2 is 1.70 bits per heavy atom. The molecular weight excluding hydrogens is 408 g/mol. The molecule has 3 rings (SSSR count). The molecule has 1 saturated heterocycles. The lowest BCUT2D eigenvalue weighted by Crippen LogP contribution is -3.06. The second-order valence-corrected chi connectivity index (χ2v) is 7.78. The van der Waals surface area contributed by atoms with Crippen molar-refractivity contribution in [1.82, 2.24) is 4.90 Å². The van der Waals surface area contributed by atoms with Crippen LogP contribution in [-0.2, 0) is 9.59 Å². The summed E-state index contributed by atoms with van der Waals surface area (Å²) in [5.41, 5.74) is 1.46. The number of halogens is 1. The van der Waals surface area contributed by atoms with Crippen LogP contribution in [0.1, 0.15) is 17.2 Å². The number of carbonyl (C=O) groups excluding carboxylic acids is 2. The SMILES string of the molecule is C[NH+](C)CCN1C(=O)C(=O)C(=C(O)c2ccccc2)[C@@H]1c1ccc(Br)cc1. The Hall–Kier alpha value is -2.44. The van der Waals surface area contributed by atoms with Gasteiger partial charge in [-0.1, -0.05) is 58.4 Å². The molecule has 27 heavy (non-hydrogen) atoms. The van der Waals surface area contributed by atoms with E-state index in [1.165, 1.54) is 4.90 Å². The highest BCUT2D eigenvalue weighted by atomic mass is 79.9. The van der Waals surface area contributed by atoms with Gasteiger partial charge in [0.05, 0.1) is 38.8 Å². The first-order valence-electron chi connectivity index (χ1n) is 8.78. The van der Waals surface area contributed by atoms with Gasteiger partial charge in [-0.3, -0.25) is 9.59 Å². The topological polar surface area (TPSA) is 62.0 Å². The number of amides is 1. The standard InChI is InChI=1S/C21H21BrN2O3/c1-23(2)12-13-24-18(14-8-10-16(22)11-9-14)17(20(26)21(24)27)19(25)15-6-4-3-5-7-15/h3-11,18,25H,12-13H2,1-2H3/p+1/t18-/m0/s1. The highest BCUT2D eigenvalue weighted by molar-refractivity contribution is 9.10. The number of nitrogens with zero attached hydrogens (tertiary/aromatic N) is 1. The molecule has 140 valence electrons. The van der Waals surface area contributed by atoms with Crippen LogP contribution in [0.2, 0.25) is 0 Å². The first-order valence-corrected chi connectivity index (χ1v) is 9.57. The fraction of sp³-hybridized carbons (Fsp3) is 0.238. The number of carbonyl (C=O) groups is 2. The van der Waals surface area contributed by atoms with Crippen LogP contribution in [0, 0.1) is 0 Å². The Morgan fingerprint density at radius 3 is 2.30 bits per heavy atom. The zero-order chi connectivity index (χ0) is 19.6. The lowest BCUT2D eigenvalue weighted by molar-refractivity contribution is -0.857. The van der Waals surface area contributed by atoms with E-state index in [0.717, 1.165) is 10.0 Å². The Morgan fingerprint density at radius 1 is 1.07 bits per heavy atom. The Labute approximate surface area is 167 Å². The van der Waals surface area contributed by atoms with Crippen molar-refractivity contribution in [1.29, 1.82) is 0 Å². The van der Waals surface area contributed by atoms with Crippen LogP contribution in [-0.4, -0.2) is 48.9 Å². The van der Waals surface area contributed by atoms with Crippen molar-refractivity contribution >= 4 is 33.4 Å². The predicted molar refractivity (Wildman–Crippen MR) is 107 cm³/mol. The van der Waals surface area contributed by atoms with Crippen LogP contribution in [0.25, 0.3) is 5.76 Å². The molecule has 2 aromatic rings. The zero-order valence-electron chi connectivity index (χ0n) is 15.3. The fourth-order valence-electron chi connectivity index (χ4n) is 3.20. The molecule has 6 heteroatoms. The summed E-state index contributed by atoms with van der Waals surface area (Å²) in [5, 5.41) is 10.9. The molecule has 0 bridgehead atoms. The quantitative estimate of drug-likeness (QED) is 0.434. The molecule has 1 atom stereocenters. The molecular formula is C21H22BrN2O3+. The molecule has 0 aromatic heterocycles. The van der Waals surface area contributed by atoms with E-state index in [-0.39, 0.29) is 11.3 Å². The van der Waals surface area contributed by atoms with Gasteiger partial charge in [-0.15, -0.1) is 0 Å². The summed E-state index contributed by atoms with van der Waals surface area (Å²) >= 11 is 3.41. The van der Waals surface area contributed by atoms with Crippen molar-refractivity contribution in [3.8, 4) is 0 Å². The lowest BCUT2D eigenvalue weighted by atomic mass is 9.95. The number of hydrogen-bond acceptors (Lipinski definition) is 3. The van der Waals surface area contributed by atoms with Gasteiger partial charge in [-0.2, -0.15) is 0 Å². The van der Waals surface area contributed by atoms with Gasteiger partial charge in [0.1, 0.15) is 5.76 Å². The fourth-order valence-corrected chi connectivity index (χ4v) is 3.46. The van der Waals surface area contributed by atoms with E-state index in [4.69, 9.17) is 0 Å². The summed E-state index contributed by atoms with van der Waals surface area (Å²) in [6, 6.07) is 15.7. The minimum absolute atomic E-state index is 0.137. The molecule has 1 fully saturated rings. The number of rotatable bonds is 5. The summed E-state index contributed by atoms with van der Waals surface area (Å²) < 4.78 is 0.906. The van der Waals surface area contributed by atoms with Gasteiger partial charge in [0, 0.05) is 10.0 Å². The molecule has 2 aromatic carbocycles. The minimum atomic E-state index is -0.641. The maximum Gasteiger partial charge on any atom is 0.295 e. The monoisotopic (exact) mass is 429 g/mol. The van der Waals surface area contributed by atoms with Crippen molar-refractivity contribution < 1.29 is 19.6 Å². The maximum absolute atomic E-state index is 12.8. The van der Waals surface area contributed by atoms with Crippen LogP contribution in [0.3, 0.4) is 0 Å². The van der Waals surface area contributed by atoms with Gasteiger partial charge in [0.15, 0.2) is 0 Å². The van der Waals surface area contributed by atoms with Crippen molar-refractivity contribution in [2.45, 2.75) is 6.04 Å². The zero-order valence-corrected chi connectivity index (χ0v) is 16.9. The molecule has 0 unspecified atom stereocenters. The summed E-state index contributed by atoms with van der Waals surface area (Å²) in [5.74, 6) is -1.35. The molecule has 0 aliphatic carbocycles. The number of nitrogens with one attached hydrogen (secondary N) is 1. The van der Waals surface area contributed by atoms with E-state index in [1.807, 2.05) is 44.4 Å². The summed E-state index contributed by atoms with van der Waals surface area (Å²) in [4.78, 5) is 28.3. The maximum atomic E-state index is 12.8. The van der Waals surface area contributed by atoms with Crippen molar-refractivity contribution in [3.05, 3.63) is 75.8 Å². The van der Waals surface area contributed by atoms with Crippen molar-refractivity contribution in [2.75, 3.05) is 27.2 Å². The number of Topliss-reactive ketones (excluding diaryl/α,β-unsaturated/α-hetero) is 1. The molecule has 1 aliphatic rings. The normalized spacial score (nSPS) is 19.1. The van der Waals surface area contributed by atoms with E-state index in [0.29, 0.717) is 18.7 Å². The smallest absolute Gasteiger partial charge is 0.295 e. The molecule has 2 N–H and O–H groups in total. The van der Waals surface area contributed by atoms with E-state index in [2.05, 4.69) is 15.9 Å². The van der Waals surface area contributed by atoms with Crippen LogP contribution in [0.5, 0.6) is 0 Å². The predicted octanol–water partition coefficient (Wildman–Crippen LogP) is 2.02. The number of likely N-dealkylation sites (N-methyl/N-ethyl adjacent to an activating group) is 1. The molecule has 0 radical (unpaired) electrons. The first-order chi connectivity index (χ1) is 12.9. The molecule has 0 saturated carbocycles. The van der Waals surface area contributed by atoms with Gasteiger partial charge >= 0.3 is 0 Å². The Bertz CT molecular complexity index is 876. The van der Waals surface area contributed by atoms with Crippen LogP contribution < -0.4 is 4.90 Å². The number of likely N-dealkylation sites (tertiary alicyclic amines) is 1. The molecule has 1 aliphatic heterocycles. The van der Waals surface area contributed by atoms with Crippen LogP contribution >= 0.6 is 15.9 Å². The number of aliphatic hydroxyl groups excluding tert-OH is 1. The highest BCUT2D eigenvalue weighted by Gasteiger charge is 2.46. The first kappa shape index (κ1) is 19.3. The molecule has 0 spiro atoms. The number of hydrogen-bond donors (Lipinski definition) is 2. The van der Waals surface area contributed by atoms with Crippen molar-refractivity contribution in [3.63, 3.8) is 0 Å². The van der Waals surface area contributed by atoms with Gasteiger partial charge in [-0.25, -0.2) is 0 Å². The molecule has 5 nitrogen and oxygen atoms in total. The second kappa shape index (κ2) is 8.06. The van der Waals surface area contributed by atoms with Gasteiger partial charge < -0.3 is 14.9 Å². The molecule has 1 heterocycles. The molecule has 1 amide bonds. The van der Waals surface area contributed by atoms with Crippen LogP contribution in [0.4, 0.5) is 0 Å². The third kappa shape index (κ3) is 3.96. The van der Waals surface area contributed by atoms with E-state index in [9.17, 15) is 14.7 Å². The third-order valence-corrected chi connectivity index (χ3v) is 5.15. The highest BCUT2D eigenvalue weighted by Crippen LogP contribution is 2.39.